The van der Waals surface area contributed by atoms with E-state index in [0.29, 0.717) is 0 Å². The van der Waals surface area contributed by atoms with Gasteiger partial charge >= 0.3 is 8.56 Å². The third kappa shape index (κ3) is 15.9. The Balaban J connectivity index is 3.69. The van der Waals surface area contributed by atoms with E-state index in [9.17, 15) is 0 Å². The Morgan fingerprint density at radius 1 is 0.652 bits per heavy atom. The standard InChI is InChI=1S/C19H41BrO2Si/c1-4-6-8-10-12-14-17-21-23(3,19-16-20)22-18-15-13-11-9-7-5-2/h4-19H2,1-3H3. The highest BCUT2D eigenvalue weighted by molar-refractivity contribution is 9.09. The number of rotatable bonds is 18. The number of hydrogen-bond acceptors (Lipinski definition) is 2. The van der Waals surface area contributed by atoms with Crippen molar-refractivity contribution in [3.8, 4) is 0 Å². The van der Waals surface area contributed by atoms with Gasteiger partial charge in [-0.05, 0) is 19.4 Å². The van der Waals surface area contributed by atoms with Gasteiger partial charge in [-0.1, -0.05) is 94.0 Å². The van der Waals surface area contributed by atoms with E-state index in [2.05, 4.69) is 36.3 Å². The number of halogens is 1. The van der Waals surface area contributed by atoms with Crippen LogP contribution in [-0.4, -0.2) is 27.1 Å². The molecule has 0 radical (unpaired) electrons. The van der Waals surface area contributed by atoms with Crippen molar-refractivity contribution in [3.63, 3.8) is 0 Å². The Labute approximate surface area is 155 Å². The van der Waals surface area contributed by atoms with Gasteiger partial charge in [-0.2, -0.15) is 0 Å². The van der Waals surface area contributed by atoms with Crippen molar-refractivity contribution < 1.29 is 8.85 Å². The normalized spacial score (nSPS) is 12.0. The predicted octanol–water partition coefficient (Wildman–Crippen LogP) is 7.21. The quantitative estimate of drug-likeness (QED) is 0.135. The van der Waals surface area contributed by atoms with Gasteiger partial charge in [-0.25, -0.2) is 0 Å². The van der Waals surface area contributed by atoms with E-state index in [0.717, 1.165) is 24.6 Å². The maximum Gasteiger partial charge on any atom is 0.335 e. The van der Waals surface area contributed by atoms with Crippen molar-refractivity contribution in [2.24, 2.45) is 0 Å². The monoisotopic (exact) mass is 408 g/mol. The summed E-state index contributed by atoms with van der Waals surface area (Å²) >= 11 is 3.56. The van der Waals surface area contributed by atoms with Gasteiger partial charge in [0.15, 0.2) is 0 Å². The second-order valence-electron chi connectivity index (χ2n) is 6.81. The van der Waals surface area contributed by atoms with Crippen molar-refractivity contribution >= 4 is 24.5 Å². The van der Waals surface area contributed by atoms with E-state index in [1.54, 1.807) is 0 Å². The molecule has 0 rings (SSSR count). The lowest BCUT2D eigenvalue weighted by molar-refractivity contribution is 0.168. The second-order valence-corrected chi connectivity index (χ2v) is 10.9. The Bertz CT molecular complexity index is 221. The average molecular weight is 410 g/mol. The molecule has 0 saturated carbocycles. The molecule has 0 aromatic heterocycles. The minimum absolute atomic E-state index is 0.887. The van der Waals surface area contributed by atoms with Crippen molar-refractivity contribution in [2.75, 3.05) is 18.5 Å². The number of unbranched alkanes of at least 4 members (excludes halogenated alkanes) is 10. The van der Waals surface area contributed by atoms with Crippen LogP contribution in [-0.2, 0) is 8.85 Å². The Morgan fingerprint density at radius 2 is 1.04 bits per heavy atom. The molecule has 0 aliphatic rings. The molecule has 0 atom stereocenters. The van der Waals surface area contributed by atoms with Gasteiger partial charge in [0.05, 0.1) is 0 Å². The summed E-state index contributed by atoms with van der Waals surface area (Å²) in [6.45, 7) is 8.54. The zero-order valence-electron chi connectivity index (χ0n) is 16.0. The van der Waals surface area contributed by atoms with E-state index < -0.39 is 8.56 Å². The van der Waals surface area contributed by atoms with E-state index in [-0.39, 0.29) is 0 Å². The first-order valence-electron chi connectivity index (χ1n) is 10.0. The highest BCUT2D eigenvalue weighted by atomic mass is 79.9. The zero-order valence-corrected chi connectivity index (χ0v) is 18.6. The first kappa shape index (κ1) is 23.6. The summed E-state index contributed by atoms with van der Waals surface area (Å²) < 4.78 is 12.4. The van der Waals surface area contributed by atoms with Gasteiger partial charge in [0.25, 0.3) is 0 Å². The SMILES string of the molecule is CCCCCCCCO[Si](C)(CCBr)OCCCCCCCC. The fourth-order valence-electron chi connectivity index (χ4n) is 2.70. The van der Waals surface area contributed by atoms with Gasteiger partial charge in [0, 0.05) is 24.6 Å². The first-order chi connectivity index (χ1) is 11.2. The molecule has 2 nitrogen and oxygen atoms in total. The maximum atomic E-state index is 6.21. The number of hydrogen-bond donors (Lipinski definition) is 0. The van der Waals surface area contributed by atoms with E-state index >= 15 is 0 Å². The molecule has 0 aromatic carbocycles. The molecule has 140 valence electrons. The van der Waals surface area contributed by atoms with E-state index in [1.807, 2.05) is 0 Å². The van der Waals surface area contributed by atoms with Gasteiger partial charge in [-0.3, -0.25) is 0 Å². The van der Waals surface area contributed by atoms with Crippen LogP contribution in [0.15, 0.2) is 0 Å². The minimum atomic E-state index is -1.95. The predicted molar refractivity (Wildman–Crippen MR) is 109 cm³/mol. The van der Waals surface area contributed by atoms with Crippen LogP contribution in [0.3, 0.4) is 0 Å². The summed E-state index contributed by atoms with van der Waals surface area (Å²) in [6.07, 6.45) is 15.8. The molecule has 23 heavy (non-hydrogen) atoms. The summed E-state index contributed by atoms with van der Waals surface area (Å²) in [5.41, 5.74) is 0. The van der Waals surface area contributed by atoms with Crippen LogP contribution in [0, 0.1) is 0 Å². The molecule has 0 spiro atoms. The molecule has 0 amide bonds. The van der Waals surface area contributed by atoms with E-state index in [4.69, 9.17) is 8.85 Å². The third-order valence-corrected chi connectivity index (χ3v) is 8.28. The summed E-state index contributed by atoms with van der Waals surface area (Å²) in [5.74, 6) is 0. The molecule has 0 saturated heterocycles. The highest BCUT2D eigenvalue weighted by Crippen LogP contribution is 2.17. The molecule has 0 bridgehead atoms. The largest absolute Gasteiger partial charge is 0.394 e. The minimum Gasteiger partial charge on any atom is -0.394 e. The highest BCUT2D eigenvalue weighted by Gasteiger charge is 2.30. The second kappa shape index (κ2) is 17.4. The molecule has 0 unspecified atom stereocenters. The molecule has 0 heterocycles. The molecule has 0 aliphatic heterocycles. The van der Waals surface area contributed by atoms with Crippen molar-refractivity contribution in [2.45, 2.75) is 103 Å². The maximum absolute atomic E-state index is 6.21. The van der Waals surface area contributed by atoms with Crippen LogP contribution in [0.1, 0.15) is 90.9 Å². The lowest BCUT2D eigenvalue weighted by Gasteiger charge is -2.26. The lowest BCUT2D eigenvalue weighted by atomic mass is 10.1. The van der Waals surface area contributed by atoms with Crippen LogP contribution in [0.4, 0.5) is 0 Å². The Kier molecular flexibility index (Phi) is 17.9. The third-order valence-electron chi connectivity index (χ3n) is 4.36. The lowest BCUT2D eigenvalue weighted by Crippen LogP contribution is -2.39. The first-order valence-corrected chi connectivity index (χ1v) is 13.7. The fourth-order valence-corrected chi connectivity index (χ4v) is 6.73. The zero-order chi connectivity index (χ0) is 17.2. The Morgan fingerprint density at radius 3 is 1.43 bits per heavy atom. The van der Waals surface area contributed by atoms with Gasteiger partial charge in [0.2, 0.25) is 0 Å². The molecule has 4 heteroatoms. The average Bonchev–Trinajstić information content (AvgIpc) is 2.53. The summed E-state index contributed by atoms with van der Waals surface area (Å²) in [4.78, 5) is 0. The summed E-state index contributed by atoms with van der Waals surface area (Å²) in [7, 11) is -1.95. The fraction of sp³-hybridized carbons (Fsp3) is 1.00. The van der Waals surface area contributed by atoms with E-state index in [1.165, 1.54) is 77.0 Å². The van der Waals surface area contributed by atoms with Crippen molar-refractivity contribution in [1.29, 1.82) is 0 Å². The smallest absolute Gasteiger partial charge is 0.335 e. The molecular weight excluding hydrogens is 368 g/mol. The van der Waals surface area contributed by atoms with Crippen LogP contribution < -0.4 is 0 Å². The van der Waals surface area contributed by atoms with Crippen LogP contribution in [0.5, 0.6) is 0 Å². The molecule has 0 aliphatic carbocycles. The summed E-state index contributed by atoms with van der Waals surface area (Å²) in [5, 5.41) is 0.989. The van der Waals surface area contributed by atoms with Crippen LogP contribution in [0.2, 0.25) is 12.6 Å². The van der Waals surface area contributed by atoms with Crippen molar-refractivity contribution in [3.05, 3.63) is 0 Å². The summed E-state index contributed by atoms with van der Waals surface area (Å²) in [6, 6.07) is 1.05. The molecule has 0 fully saturated rings. The van der Waals surface area contributed by atoms with Crippen molar-refractivity contribution in [1.82, 2.24) is 0 Å². The molecule has 0 N–H and O–H groups in total. The topological polar surface area (TPSA) is 18.5 Å². The van der Waals surface area contributed by atoms with Crippen LogP contribution >= 0.6 is 15.9 Å². The molecular formula is C19H41BrO2Si. The Hall–Kier alpha value is 0.617. The van der Waals surface area contributed by atoms with Gasteiger partial charge in [0.1, 0.15) is 0 Å². The van der Waals surface area contributed by atoms with Crippen LogP contribution in [0.25, 0.3) is 0 Å². The van der Waals surface area contributed by atoms with Gasteiger partial charge in [-0.15, -0.1) is 0 Å². The molecule has 0 aromatic rings. The van der Waals surface area contributed by atoms with Gasteiger partial charge < -0.3 is 8.85 Å². The number of alkyl halides is 1.